The molecule has 0 aliphatic rings. The topological polar surface area (TPSA) is 37.3 Å². The third kappa shape index (κ3) is 6.57. The van der Waals surface area contributed by atoms with Gasteiger partial charge >= 0.3 is 5.97 Å². The zero-order valence-corrected chi connectivity index (χ0v) is 12.2. The Morgan fingerprint density at radius 3 is 2.22 bits per heavy atom. The van der Waals surface area contributed by atoms with Gasteiger partial charge in [0.2, 0.25) is 6.43 Å². The molecule has 0 heterocycles. The van der Waals surface area contributed by atoms with Crippen molar-refractivity contribution >= 4 is 17.7 Å². The van der Waals surface area contributed by atoms with Gasteiger partial charge < -0.3 is 5.11 Å². The molecular weight excluding hydrogens is 258 g/mol. The quantitative estimate of drug-likeness (QED) is 0.602. The van der Waals surface area contributed by atoms with Gasteiger partial charge in [-0.3, -0.25) is 4.79 Å². The molecular formula is C13H24F2O2S. The van der Waals surface area contributed by atoms with Gasteiger partial charge in [-0.05, 0) is 31.4 Å². The molecule has 0 rings (SSSR count). The Morgan fingerprint density at radius 1 is 1.22 bits per heavy atom. The summed E-state index contributed by atoms with van der Waals surface area (Å²) in [7, 11) is 0. The molecule has 0 fully saturated rings. The maximum atomic E-state index is 11.9. The Bertz CT molecular complexity index is 247. The molecule has 0 aliphatic heterocycles. The molecule has 18 heavy (non-hydrogen) atoms. The minimum absolute atomic E-state index is 0.0218. The summed E-state index contributed by atoms with van der Waals surface area (Å²) in [5, 5.41) is 9.20. The first-order valence-corrected chi connectivity index (χ1v) is 7.44. The van der Waals surface area contributed by atoms with E-state index < -0.39 is 17.1 Å². The summed E-state index contributed by atoms with van der Waals surface area (Å²) in [4.78, 5) is 11.2. The summed E-state index contributed by atoms with van der Waals surface area (Å²) < 4.78 is 23.0. The Labute approximate surface area is 113 Å². The van der Waals surface area contributed by atoms with Crippen molar-refractivity contribution in [3.05, 3.63) is 0 Å². The van der Waals surface area contributed by atoms with Gasteiger partial charge in [-0.15, -0.1) is 11.8 Å². The number of aliphatic carboxylic acids is 1. The number of carboxylic acid groups (broad SMARTS) is 1. The van der Waals surface area contributed by atoms with Crippen LogP contribution in [0.3, 0.4) is 0 Å². The molecule has 0 aliphatic carbocycles. The molecule has 0 amide bonds. The van der Waals surface area contributed by atoms with Crippen LogP contribution in [-0.4, -0.2) is 28.0 Å². The first-order chi connectivity index (χ1) is 8.30. The van der Waals surface area contributed by atoms with Crippen molar-refractivity contribution in [2.45, 2.75) is 64.0 Å². The molecule has 0 radical (unpaired) electrons. The Kier molecular flexibility index (Phi) is 8.57. The molecule has 0 saturated carbocycles. The summed E-state index contributed by atoms with van der Waals surface area (Å²) in [5.41, 5.74) is 0. The number of carboxylic acids is 1. The largest absolute Gasteiger partial charge is 0.480 e. The Hall–Kier alpha value is -0.320. The third-order valence-electron chi connectivity index (χ3n) is 3.24. The van der Waals surface area contributed by atoms with Gasteiger partial charge in [-0.1, -0.05) is 26.7 Å². The lowest BCUT2D eigenvalue weighted by atomic mass is 9.97. The molecule has 0 bridgehead atoms. The number of carbonyl (C=O) groups is 1. The SMILES string of the molecule is CC(C)C(C)(SCCCCCCC(F)F)C(=O)O. The zero-order valence-electron chi connectivity index (χ0n) is 11.4. The number of rotatable bonds is 10. The summed E-state index contributed by atoms with van der Waals surface area (Å²) in [6.45, 7) is 5.56. The van der Waals surface area contributed by atoms with E-state index >= 15 is 0 Å². The molecule has 0 aromatic carbocycles. The molecule has 0 spiro atoms. The van der Waals surface area contributed by atoms with Gasteiger partial charge in [0.15, 0.2) is 0 Å². The van der Waals surface area contributed by atoms with Gasteiger partial charge in [0.1, 0.15) is 4.75 Å². The van der Waals surface area contributed by atoms with Crippen molar-refractivity contribution in [3.8, 4) is 0 Å². The van der Waals surface area contributed by atoms with E-state index in [4.69, 9.17) is 0 Å². The van der Waals surface area contributed by atoms with Crippen molar-refractivity contribution in [1.82, 2.24) is 0 Å². The van der Waals surface area contributed by atoms with Crippen LogP contribution in [0.25, 0.3) is 0 Å². The molecule has 1 unspecified atom stereocenters. The van der Waals surface area contributed by atoms with Gasteiger partial charge in [0.05, 0.1) is 0 Å². The second-order valence-electron chi connectivity index (χ2n) is 5.01. The maximum Gasteiger partial charge on any atom is 0.319 e. The van der Waals surface area contributed by atoms with E-state index in [9.17, 15) is 18.7 Å². The Morgan fingerprint density at radius 2 is 1.78 bits per heavy atom. The van der Waals surface area contributed by atoms with E-state index in [0.29, 0.717) is 6.42 Å². The zero-order chi connectivity index (χ0) is 14.2. The van der Waals surface area contributed by atoms with Crippen LogP contribution in [0.1, 0.15) is 52.9 Å². The summed E-state index contributed by atoms with van der Waals surface area (Å²) >= 11 is 1.46. The van der Waals surface area contributed by atoms with Gasteiger partial charge in [0, 0.05) is 6.42 Å². The lowest BCUT2D eigenvalue weighted by Gasteiger charge is -2.28. The van der Waals surface area contributed by atoms with Crippen LogP contribution < -0.4 is 0 Å². The molecule has 1 atom stereocenters. The molecule has 1 N–H and O–H groups in total. The van der Waals surface area contributed by atoms with E-state index in [2.05, 4.69) is 0 Å². The predicted octanol–water partition coefficient (Wildman–Crippen LogP) is 4.43. The standard InChI is InChI=1S/C13H24F2O2S/c1-10(2)13(3,12(16)17)18-9-7-5-4-6-8-11(14)15/h10-11H,4-9H2,1-3H3,(H,16,17). The summed E-state index contributed by atoms with van der Waals surface area (Å²) in [6.07, 6.45) is 0.929. The van der Waals surface area contributed by atoms with E-state index in [1.54, 1.807) is 6.92 Å². The van der Waals surface area contributed by atoms with Crippen molar-refractivity contribution < 1.29 is 18.7 Å². The number of halogens is 2. The van der Waals surface area contributed by atoms with Crippen molar-refractivity contribution in [3.63, 3.8) is 0 Å². The highest BCUT2D eigenvalue weighted by molar-refractivity contribution is 8.01. The fourth-order valence-corrected chi connectivity index (χ4v) is 2.74. The minimum Gasteiger partial charge on any atom is -0.480 e. The second-order valence-corrected chi connectivity index (χ2v) is 6.55. The third-order valence-corrected chi connectivity index (χ3v) is 4.98. The van der Waals surface area contributed by atoms with Crippen LogP contribution in [-0.2, 0) is 4.79 Å². The normalized spacial score (nSPS) is 15.1. The number of unbranched alkanes of at least 4 members (excludes halogenated alkanes) is 3. The number of thioether (sulfide) groups is 1. The summed E-state index contributed by atoms with van der Waals surface area (Å²) in [5.74, 6) is 0.0642. The average Bonchev–Trinajstić information content (AvgIpc) is 2.26. The first kappa shape index (κ1) is 17.7. The monoisotopic (exact) mass is 282 g/mol. The average molecular weight is 282 g/mol. The fraction of sp³-hybridized carbons (Fsp3) is 0.923. The highest BCUT2D eigenvalue weighted by Crippen LogP contribution is 2.33. The molecule has 0 saturated heterocycles. The Balaban J connectivity index is 3.73. The molecule has 2 nitrogen and oxygen atoms in total. The van der Waals surface area contributed by atoms with E-state index in [1.807, 2.05) is 13.8 Å². The number of alkyl halides is 2. The van der Waals surface area contributed by atoms with Crippen LogP contribution in [0.2, 0.25) is 0 Å². The van der Waals surface area contributed by atoms with Crippen LogP contribution >= 0.6 is 11.8 Å². The van der Waals surface area contributed by atoms with Crippen LogP contribution in [0, 0.1) is 5.92 Å². The highest BCUT2D eigenvalue weighted by atomic mass is 32.2. The van der Waals surface area contributed by atoms with Gasteiger partial charge in [0.25, 0.3) is 0 Å². The second kappa shape index (κ2) is 8.73. The fourth-order valence-electron chi connectivity index (χ4n) is 1.51. The highest BCUT2D eigenvalue weighted by Gasteiger charge is 2.36. The molecule has 0 aromatic rings. The van der Waals surface area contributed by atoms with E-state index in [0.717, 1.165) is 25.0 Å². The van der Waals surface area contributed by atoms with Gasteiger partial charge in [-0.25, -0.2) is 8.78 Å². The van der Waals surface area contributed by atoms with Crippen LogP contribution in [0.5, 0.6) is 0 Å². The van der Waals surface area contributed by atoms with E-state index in [1.165, 1.54) is 11.8 Å². The van der Waals surface area contributed by atoms with E-state index in [-0.39, 0.29) is 12.3 Å². The molecule has 5 heteroatoms. The van der Waals surface area contributed by atoms with Crippen molar-refractivity contribution in [2.24, 2.45) is 5.92 Å². The van der Waals surface area contributed by atoms with Crippen LogP contribution in [0.15, 0.2) is 0 Å². The first-order valence-electron chi connectivity index (χ1n) is 6.46. The maximum absolute atomic E-state index is 11.9. The number of hydrogen-bond acceptors (Lipinski definition) is 2. The smallest absolute Gasteiger partial charge is 0.319 e. The van der Waals surface area contributed by atoms with Crippen molar-refractivity contribution in [1.29, 1.82) is 0 Å². The lowest BCUT2D eigenvalue weighted by molar-refractivity contribution is -0.140. The molecule has 0 aromatic heterocycles. The van der Waals surface area contributed by atoms with Gasteiger partial charge in [-0.2, -0.15) is 0 Å². The lowest BCUT2D eigenvalue weighted by Crippen LogP contribution is -2.37. The number of hydrogen-bond donors (Lipinski definition) is 1. The van der Waals surface area contributed by atoms with Crippen molar-refractivity contribution in [2.75, 3.05) is 5.75 Å². The van der Waals surface area contributed by atoms with Crippen LogP contribution in [0.4, 0.5) is 8.78 Å². The predicted molar refractivity (Wildman–Crippen MR) is 72.4 cm³/mol. The molecule has 108 valence electrons. The summed E-state index contributed by atoms with van der Waals surface area (Å²) in [6, 6.07) is 0. The minimum atomic E-state index is -2.20.